The van der Waals surface area contributed by atoms with Gasteiger partial charge in [0, 0.05) is 44.0 Å². The van der Waals surface area contributed by atoms with E-state index in [4.69, 9.17) is 10.7 Å². The van der Waals surface area contributed by atoms with Crippen LogP contribution < -0.4 is 16.0 Å². The number of nitrogens with two attached hydrogens (primary N) is 1. The smallest absolute Gasteiger partial charge is 0.231 e. The number of aryl methyl sites for hydroxylation is 1. The molecule has 3 fully saturated rings. The van der Waals surface area contributed by atoms with Crippen LogP contribution in [0.25, 0.3) is 0 Å². The second-order valence-corrected chi connectivity index (χ2v) is 8.15. The monoisotopic (exact) mass is 358 g/mol. The van der Waals surface area contributed by atoms with Gasteiger partial charge >= 0.3 is 0 Å². The fourth-order valence-corrected chi connectivity index (χ4v) is 4.47. The summed E-state index contributed by atoms with van der Waals surface area (Å²) >= 11 is 0. The molecular weight excluding hydrogens is 328 g/mol. The van der Waals surface area contributed by atoms with Gasteiger partial charge in [-0.2, -0.15) is 4.98 Å². The Bertz CT molecular complexity index is 655. The predicted octanol–water partition coefficient (Wildman–Crippen LogP) is 1.38. The van der Waals surface area contributed by atoms with E-state index < -0.39 is 0 Å². The Balaban J connectivity index is 1.48. The molecule has 0 bridgehead atoms. The molecule has 3 heterocycles. The summed E-state index contributed by atoms with van der Waals surface area (Å²) in [6.45, 7) is 6.28. The van der Waals surface area contributed by atoms with Crippen LogP contribution in [-0.4, -0.2) is 59.5 Å². The van der Waals surface area contributed by atoms with Gasteiger partial charge in [0.05, 0.1) is 6.54 Å². The van der Waals surface area contributed by atoms with Gasteiger partial charge in [0.15, 0.2) is 0 Å². The lowest BCUT2D eigenvalue weighted by molar-refractivity contribution is -0.118. The second kappa shape index (κ2) is 7.39. The van der Waals surface area contributed by atoms with Crippen molar-refractivity contribution in [2.45, 2.75) is 45.1 Å². The minimum absolute atomic E-state index is 0.245. The number of anilines is 2. The highest BCUT2D eigenvalue weighted by Crippen LogP contribution is 2.42. The average molecular weight is 358 g/mol. The number of piperidine rings is 1. The molecule has 1 aliphatic carbocycles. The fraction of sp³-hybridized carbons (Fsp3) is 0.737. The number of rotatable bonds is 6. The first-order valence-corrected chi connectivity index (χ1v) is 9.96. The van der Waals surface area contributed by atoms with Gasteiger partial charge in [-0.05, 0) is 50.9 Å². The van der Waals surface area contributed by atoms with Crippen molar-refractivity contribution in [2.75, 3.05) is 42.9 Å². The SMILES string of the molecule is Cc1cc(N[C@H]2CN(CC(N)=O)C[C@@H]2C2CC2)nc(N2CCCCC2)n1. The van der Waals surface area contributed by atoms with Crippen molar-refractivity contribution in [3.63, 3.8) is 0 Å². The Labute approximate surface area is 155 Å². The summed E-state index contributed by atoms with van der Waals surface area (Å²) in [5.41, 5.74) is 6.40. The third kappa shape index (κ3) is 4.09. The van der Waals surface area contributed by atoms with Gasteiger partial charge < -0.3 is 16.0 Å². The first-order chi connectivity index (χ1) is 12.6. The quantitative estimate of drug-likeness (QED) is 0.799. The minimum atomic E-state index is -0.245. The molecule has 3 N–H and O–H groups in total. The van der Waals surface area contributed by atoms with Crippen LogP contribution in [0.3, 0.4) is 0 Å². The van der Waals surface area contributed by atoms with Gasteiger partial charge in [-0.25, -0.2) is 4.98 Å². The predicted molar refractivity (Wildman–Crippen MR) is 102 cm³/mol. The fourth-order valence-electron chi connectivity index (χ4n) is 4.47. The Morgan fingerprint density at radius 2 is 2.00 bits per heavy atom. The van der Waals surface area contributed by atoms with Crippen molar-refractivity contribution in [1.82, 2.24) is 14.9 Å². The number of carbonyl (C=O) groups excluding carboxylic acids is 1. The molecule has 142 valence electrons. The van der Waals surface area contributed by atoms with Crippen molar-refractivity contribution < 1.29 is 4.79 Å². The summed E-state index contributed by atoms with van der Waals surface area (Å²) in [7, 11) is 0. The van der Waals surface area contributed by atoms with E-state index in [1.54, 1.807) is 0 Å². The lowest BCUT2D eigenvalue weighted by Gasteiger charge is -2.27. The van der Waals surface area contributed by atoms with Crippen molar-refractivity contribution in [3.8, 4) is 0 Å². The molecule has 1 amide bonds. The molecule has 2 atom stereocenters. The Kier molecular flexibility index (Phi) is 4.98. The van der Waals surface area contributed by atoms with Crippen LogP contribution in [0.5, 0.6) is 0 Å². The summed E-state index contributed by atoms with van der Waals surface area (Å²) in [5.74, 6) is 2.86. The number of nitrogens with one attached hydrogen (secondary N) is 1. The molecule has 7 nitrogen and oxygen atoms in total. The van der Waals surface area contributed by atoms with Gasteiger partial charge in [-0.15, -0.1) is 0 Å². The van der Waals surface area contributed by atoms with Crippen molar-refractivity contribution >= 4 is 17.7 Å². The second-order valence-electron chi connectivity index (χ2n) is 8.15. The highest BCUT2D eigenvalue weighted by Gasteiger charge is 2.42. The molecule has 1 saturated carbocycles. The zero-order valence-corrected chi connectivity index (χ0v) is 15.7. The number of primary amides is 1. The third-order valence-electron chi connectivity index (χ3n) is 5.86. The summed E-state index contributed by atoms with van der Waals surface area (Å²) in [4.78, 5) is 25.3. The Hall–Kier alpha value is -1.89. The molecule has 4 rings (SSSR count). The van der Waals surface area contributed by atoms with Crippen molar-refractivity contribution in [1.29, 1.82) is 0 Å². The molecule has 0 aromatic carbocycles. The van der Waals surface area contributed by atoms with Gasteiger partial charge in [0.2, 0.25) is 11.9 Å². The van der Waals surface area contributed by atoms with E-state index in [1.165, 1.54) is 32.1 Å². The van der Waals surface area contributed by atoms with Crippen LogP contribution in [0.2, 0.25) is 0 Å². The van der Waals surface area contributed by atoms with Gasteiger partial charge in [-0.3, -0.25) is 9.69 Å². The average Bonchev–Trinajstić information content (AvgIpc) is 3.38. The van der Waals surface area contributed by atoms with Crippen LogP contribution in [0.15, 0.2) is 6.07 Å². The summed E-state index contributed by atoms with van der Waals surface area (Å²) in [5, 5.41) is 3.66. The topological polar surface area (TPSA) is 87.4 Å². The van der Waals surface area contributed by atoms with Crippen molar-refractivity contribution in [2.24, 2.45) is 17.6 Å². The molecule has 1 aromatic rings. The molecule has 3 aliphatic rings. The number of hydrogen-bond acceptors (Lipinski definition) is 6. The van der Waals surface area contributed by atoms with E-state index >= 15 is 0 Å². The van der Waals surface area contributed by atoms with E-state index in [1.807, 2.05) is 13.0 Å². The number of hydrogen-bond donors (Lipinski definition) is 2. The lowest BCUT2D eigenvalue weighted by Crippen LogP contribution is -2.34. The highest BCUT2D eigenvalue weighted by molar-refractivity contribution is 5.76. The summed E-state index contributed by atoms with van der Waals surface area (Å²) < 4.78 is 0. The first kappa shape index (κ1) is 17.5. The van der Waals surface area contributed by atoms with E-state index in [9.17, 15) is 4.79 Å². The molecular formula is C19H30N6O. The van der Waals surface area contributed by atoms with E-state index in [-0.39, 0.29) is 5.91 Å². The molecule has 2 saturated heterocycles. The zero-order chi connectivity index (χ0) is 18.1. The van der Waals surface area contributed by atoms with Gasteiger partial charge in [-0.1, -0.05) is 0 Å². The number of likely N-dealkylation sites (tertiary alicyclic amines) is 1. The number of nitrogens with zero attached hydrogens (tertiary/aromatic N) is 4. The van der Waals surface area contributed by atoms with E-state index in [0.717, 1.165) is 49.6 Å². The Morgan fingerprint density at radius 1 is 1.23 bits per heavy atom. The van der Waals surface area contributed by atoms with Crippen LogP contribution >= 0.6 is 0 Å². The normalized spacial score (nSPS) is 26.9. The summed E-state index contributed by atoms with van der Waals surface area (Å²) in [6.07, 6.45) is 6.33. The molecule has 0 radical (unpaired) electrons. The van der Waals surface area contributed by atoms with Crippen LogP contribution in [-0.2, 0) is 4.79 Å². The van der Waals surface area contributed by atoms with E-state index in [2.05, 4.69) is 20.1 Å². The maximum Gasteiger partial charge on any atom is 0.231 e. The molecule has 1 aromatic heterocycles. The Morgan fingerprint density at radius 3 is 2.69 bits per heavy atom. The van der Waals surface area contributed by atoms with Crippen LogP contribution in [0.1, 0.15) is 37.8 Å². The van der Waals surface area contributed by atoms with Crippen LogP contribution in [0, 0.1) is 18.8 Å². The van der Waals surface area contributed by atoms with E-state index in [0.29, 0.717) is 18.5 Å². The van der Waals surface area contributed by atoms with Crippen molar-refractivity contribution in [3.05, 3.63) is 11.8 Å². The molecule has 0 unspecified atom stereocenters. The largest absolute Gasteiger partial charge is 0.369 e. The maximum absolute atomic E-state index is 11.3. The number of carbonyl (C=O) groups is 1. The summed E-state index contributed by atoms with van der Waals surface area (Å²) in [6, 6.07) is 2.36. The zero-order valence-electron chi connectivity index (χ0n) is 15.7. The maximum atomic E-state index is 11.3. The molecule has 2 aliphatic heterocycles. The molecule has 0 spiro atoms. The molecule has 26 heavy (non-hydrogen) atoms. The first-order valence-electron chi connectivity index (χ1n) is 9.96. The number of aromatic nitrogens is 2. The standard InChI is InChI=1S/C19H30N6O/c1-13-9-18(23-19(21-13)25-7-3-2-4-8-25)22-16-11-24(12-17(20)26)10-15(16)14-5-6-14/h9,14-16H,2-8,10-12H2,1H3,(H2,20,26)(H,21,22,23)/t15-,16+/m1/s1. The van der Waals surface area contributed by atoms with Gasteiger partial charge in [0.1, 0.15) is 5.82 Å². The molecule has 7 heteroatoms. The minimum Gasteiger partial charge on any atom is -0.369 e. The lowest BCUT2D eigenvalue weighted by atomic mass is 9.98. The third-order valence-corrected chi connectivity index (χ3v) is 5.86. The van der Waals surface area contributed by atoms with Gasteiger partial charge in [0.25, 0.3) is 0 Å². The highest BCUT2D eigenvalue weighted by atomic mass is 16.1. The van der Waals surface area contributed by atoms with Crippen LogP contribution in [0.4, 0.5) is 11.8 Å². The number of amides is 1.